The molecule has 122 valence electrons. The van der Waals surface area contributed by atoms with Crippen LogP contribution in [0.2, 0.25) is 0 Å². The molecule has 0 fully saturated rings. The Morgan fingerprint density at radius 2 is 2.00 bits per heavy atom. The van der Waals surface area contributed by atoms with Crippen LogP contribution >= 0.6 is 0 Å². The molecule has 0 radical (unpaired) electrons. The largest absolute Gasteiger partial charge is 0.480 e. The molecule has 1 aromatic rings. The molecule has 0 atom stereocenters. The molecular formula is C13H17FN2O5S. The topological polar surface area (TPSA) is 104 Å². The molecule has 0 spiro atoms. The molecule has 0 aliphatic heterocycles. The van der Waals surface area contributed by atoms with Crippen molar-refractivity contribution in [2.75, 3.05) is 24.1 Å². The van der Waals surface area contributed by atoms with Crippen molar-refractivity contribution < 1.29 is 27.5 Å². The number of anilines is 1. The van der Waals surface area contributed by atoms with Gasteiger partial charge in [-0.3, -0.25) is 14.3 Å². The van der Waals surface area contributed by atoms with Gasteiger partial charge in [0.1, 0.15) is 12.4 Å². The van der Waals surface area contributed by atoms with Crippen LogP contribution in [0, 0.1) is 5.82 Å². The van der Waals surface area contributed by atoms with E-state index in [1.807, 2.05) is 4.72 Å². The second-order valence-corrected chi connectivity index (χ2v) is 6.44. The summed E-state index contributed by atoms with van der Waals surface area (Å²) in [7, 11) is -3.70. The van der Waals surface area contributed by atoms with Crippen molar-refractivity contribution >= 4 is 27.6 Å². The fourth-order valence-electron chi connectivity index (χ4n) is 1.80. The van der Waals surface area contributed by atoms with Crippen LogP contribution < -0.4 is 4.72 Å². The van der Waals surface area contributed by atoms with E-state index in [-0.39, 0.29) is 17.8 Å². The molecule has 0 aromatic heterocycles. The lowest BCUT2D eigenvalue weighted by atomic mass is 10.1. The average molecular weight is 332 g/mol. The normalized spacial score (nSPS) is 11.0. The highest BCUT2D eigenvalue weighted by Gasteiger charge is 2.19. The van der Waals surface area contributed by atoms with Crippen LogP contribution in [0.3, 0.4) is 0 Å². The summed E-state index contributed by atoms with van der Waals surface area (Å²) in [6, 6.07) is 3.17. The fourth-order valence-corrected chi connectivity index (χ4v) is 2.36. The van der Waals surface area contributed by atoms with E-state index in [1.165, 1.54) is 6.07 Å². The second kappa shape index (κ2) is 7.21. The first-order valence-corrected chi connectivity index (χ1v) is 8.31. The zero-order chi connectivity index (χ0) is 16.9. The third kappa shape index (κ3) is 5.32. The van der Waals surface area contributed by atoms with Crippen LogP contribution in [-0.4, -0.2) is 49.6 Å². The summed E-state index contributed by atoms with van der Waals surface area (Å²) in [4.78, 5) is 24.1. The Labute approximate surface area is 127 Å². The monoisotopic (exact) mass is 332 g/mol. The van der Waals surface area contributed by atoms with E-state index >= 15 is 0 Å². The number of amides is 1. The number of nitrogens with zero attached hydrogens (tertiary/aromatic N) is 1. The Morgan fingerprint density at radius 3 is 2.50 bits per heavy atom. The Morgan fingerprint density at radius 1 is 1.36 bits per heavy atom. The number of carbonyl (C=O) groups excluding carboxylic acids is 1. The number of sulfonamides is 1. The van der Waals surface area contributed by atoms with E-state index in [0.717, 1.165) is 23.3 Å². The summed E-state index contributed by atoms with van der Waals surface area (Å²) in [6.07, 6.45) is 1.41. The van der Waals surface area contributed by atoms with E-state index in [9.17, 15) is 22.4 Å². The molecular weight excluding hydrogens is 315 g/mol. The number of halogens is 1. The molecule has 1 rings (SSSR count). The Bertz CT molecular complexity index is 675. The maximum absolute atomic E-state index is 13.6. The predicted octanol–water partition coefficient (Wildman–Crippen LogP) is 1.13. The fraction of sp³-hybridized carbons (Fsp3) is 0.385. The van der Waals surface area contributed by atoms with Crippen molar-refractivity contribution in [1.29, 1.82) is 0 Å². The predicted molar refractivity (Wildman–Crippen MR) is 78.7 cm³/mol. The minimum Gasteiger partial charge on any atom is -0.480 e. The number of carboxylic acids is 1. The number of rotatable bonds is 7. The third-order valence-electron chi connectivity index (χ3n) is 2.62. The molecule has 22 heavy (non-hydrogen) atoms. The summed E-state index contributed by atoms with van der Waals surface area (Å²) in [6.45, 7) is 1.51. The summed E-state index contributed by atoms with van der Waals surface area (Å²) in [5.74, 6) is -2.61. The van der Waals surface area contributed by atoms with E-state index in [0.29, 0.717) is 6.42 Å². The minimum absolute atomic E-state index is 0.00208. The maximum Gasteiger partial charge on any atom is 0.323 e. The van der Waals surface area contributed by atoms with Gasteiger partial charge in [-0.05, 0) is 24.6 Å². The van der Waals surface area contributed by atoms with Gasteiger partial charge in [0.15, 0.2) is 0 Å². The zero-order valence-electron chi connectivity index (χ0n) is 12.2. The van der Waals surface area contributed by atoms with Crippen LogP contribution in [0.5, 0.6) is 0 Å². The first-order valence-electron chi connectivity index (χ1n) is 6.42. The minimum atomic E-state index is -3.70. The average Bonchev–Trinajstić information content (AvgIpc) is 2.38. The van der Waals surface area contributed by atoms with Crippen molar-refractivity contribution in [3.05, 3.63) is 29.6 Å². The smallest absolute Gasteiger partial charge is 0.323 e. The molecule has 0 aliphatic carbocycles. The van der Waals surface area contributed by atoms with Gasteiger partial charge in [0.2, 0.25) is 10.0 Å². The van der Waals surface area contributed by atoms with Crippen molar-refractivity contribution in [1.82, 2.24) is 4.90 Å². The van der Waals surface area contributed by atoms with E-state index in [4.69, 9.17) is 5.11 Å². The van der Waals surface area contributed by atoms with Crippen LogP contribution in [0.4, 0.5) is 10.1 Å². The van der Waals surface area contributed by atoms with E-state index < -0.39 is 34.3 Å². The highest BCUT2D eigenvalue weighted by Crippen LogP contribution is 2.18. The molecule has 0 unspecified atom stereocenters. The second-order valence-electron chi connectivity index (χ2n) is 4.69. The molecule has 1 amide bonds. The summed E-state index contributed by atoms with van der Waals surface area (Å²) in [5.41, 5.74) is -0.359. The van der Waals surface area contributed by atoms with Gasteiger partial charge in [-0.1, -0.05) is 6.92 Å². The van der Waals surface area contributed by atoms with Crippen molar-refractivity contribution in [3.8, 4) is 0 Å². The lowest BCUT2D eigenvalue weighted by molar-refractivity contribution is -0.137. The van der Waals surface area contributed by atoms with Gasteiger partial charge in [0, 0.05) is 12.1 Å². The molecule has 0 bridgehead atoms. The van der Waals surface area contributed by atoms with Gasteiger partial charge in [-0.2, -0.15) is 0 Å². The first-order chi connectivity index (χ1) is 10.1. The van der Waals surface area contributed by atoms with Crippen LogP contribution in [-0.2, 0) is 14.8 Å². The molecule has 2 N–H and O–H groups in total. The molecule has 0 saturated carbocycles. The van der Waals surface area contributed by atoms with Gasteiger partial charge < -0.3 is 10.0 Å². The number of hydrogen-bond donors (Lipinski definition) is 2. The molecule has 0 aliphatic rings. The highest BCUT2D eigenvalue weighted by atomic mass is 32.2. The van der Waals surface area contributed by atoms with Gasteiger partial charge in [0.25, 0.3) is 5.91 Å². The SMILES string of the molecule is CCCN(CC(=O)O)C(=O)c1ccc(F)c(NS(C)(=O)=O)c1. The Balaban J connectivity index is 3.11. The van der Waals surface area contributed by atoms with Crippen molar-refractivity contribution in [2.45, 2.75) is 13.3 Å². The number of carboxylic acid groups (broad SMARTS) is 1. The molecule has 0 heterocycles. The van der Waals surface area contributed by atoms with E-state index in [1.54, 1.807) is 6.92 Å². The number of hydrogen-bond acceptors (Lipinski definition) is 4. The lowest BCUT2D eigenvalue weighted by Crippen LogP contribution is -2.36. The molecule has 9 heteroatoms. The quantitative estimate of drug-likeness (QED) is 0.779. The van der Waals surface area contributed by atoms with Gasteiger partial charge in [-0.25, -0.2) is 12.8 Å². The summed E-state index contributed by atoms with van der Waals surface area (Å²) >= 11 is 0. The molecule has 7 nitrogen and oxygen atoms in total. The number of nitrogens with one attached hydrogen (secondary N) is 1. The van der Waals surface area contributed by atoms with E-state index in [2.05, 4.69) is 0 Å². The lowest BCUT2D eigenvalue weighted by Gasteiger charge is -2.20. The number of aliphatic carboxylic acids is 1. The first kappa shape index (κ1) is 17.9. The zero-order valence-corrected chi connectivity index (χ0v) is 13.0. The number of benzene rings is 1. The van der Waals surface area contributed by atoms with Crippen LogP contribution in [0.25, 0.3) is 0 Å². The third-order valence-corrected chi connectivity index (χ3v) is 3.21. The van der Waals surface area contributed by atoms with Gasteiger partial charge in [-0.15, -0.1) is 0 Å². The van der Waals surface area contributed by atoms with Crippen molar-refractivity contribution in [3.63, 3.8) is 0 Å². The number of carbonyl (C=O) groups is 2. The molecule has 1 aromatic carbocycles. The Hall–Kier alpha value is -2.16. The van der Waals surface area contributed by atoms with Crippen LogP contribution in [0.1, 0.15) is 23.7 Å². The standard InChI is InChI=1S/C13H17FN2O5S/c1-3-6-16(8-12(17)18)13(19)9-4-5-10(14)11(7-9)15-22(2,20)21/h4-5,7,15H,3,6,8H2,1-2H3,(H,17,18). The van der Waals surface area contributed by atoms with Crippen LogP contribution in [0.15, 0.2) is 18.2 Å². The van der Waals surface area contributed by atoms with Gasteiger partial charge in [0.05, 0.1) is 11.9 Å². The summed E-state index contributed by atoms with van der Waals surface area (Å²) < 4.78 is 37.9. The maximum atomic E-state index is 13.6. The molecule has 0 saturated heterocycles. The highest BCUT2D eigenvalue weighted by molar-refractivity contribution is 7.92. The Kier molecular flexibility index (Phi) is 5.86. The summed E-state index contributed by atoms with van der Waals surface area (Å²) in [5, 5.41) is 8.81. The van der Waals surface area contributed by atoms with Gasteiger partial charge >= 0.3 is 5.97 Å². The van der Waals surface area contributed by atoms with Crippen molar-refractivity contribution in [2.24, 2.45) is 0 Å².